The molecule has 0 aliphatic carbocycles. The van der Waals surface area contributed by atoms with E-state index >= 15 is 0 Å². The van der Waals surface area contributed by atoms with Crippen molar-refractivity contribution in [3.8, 4) is 11.8 Å². The summed E-state index contributed by atoms with van der Waals surface area (Å²) in [5.74, 6) is 2.73. The average Bonchev–Trinajstić information content (AvgIpc) is 2.56. The number of rotatable bonds is 4. The molecule has 0 amide bonds. The number of halogens is 4. The Hall–Kier alpha value is -2.20. The standard InChI is InChI=1S/C17H10Cl2F2N2OS/c1-10(9-22)2-3-14-15(20)4-5-16(17(14)21)23-25(24)13-7-11(18)6-12(19)8-13/h4-9,22-23H,1H2. The van der Waals surface area contributed by atoms with Gasteiger partial charge in [0.05, 0.1) is 16.1 Å². The minimum Gasteiger partial charge on any atom is -0.307 e. The first-order chi connectivity index (χ1) is 11.8. The normalized spacial score (nSPS) is 11.2. The monoisotopic (exact) mass is 398 g/mol. The van der Waals surface area contributed by atoms with Crippen molar-refractivity contribution >= 4 is 46.1 Å². The molecule has 0 aliphatic rings. The molecule has 0 aliphatic heterocycles. The molecular weight excluding hydrogens is 389 g/mol. The minimum atomic E-state index is -1.88. The number of benzene rings is 2. The van der Waals surface area contributed by atoms with Gasteiger partial charge in [-0.2, -0.15) is 0 Å². The molecule has 0 saturated heterocycles. The van der Waals surface area contributed by atoms with Crippen LogP contribution in [0.3, 0.4) is 0 Å². The second-order valence-electron chi connectivity index (χ2n) is 4.68. The molecule has 0 radical (unpaired) electrons. The van der Waals surface area contributed by atoms with Crippen molar-refractivity contribution in [3.63, 3.8) is 0 Å². The molecule has 0 heterocycles. The van der Waals surface area contributed by atoms with Gasteiger partial charge in [0.25, 0.3) is 0 Å². The van der Waals surface area contributed by atoms with E-state index in [1.54, 1.807) is 0 Å². The molecule has 25 heavy (non-hydrogen) atoms. The Morgan fingerprint density at radius 3 is 2.48 bits per heavy atom. The summed E-state index contributed by atoms with van der Waals surface area (Å²) in [5, 5.41) is 7.50. The maximum absolute atomic E-state index is 14.4. The van der Waals surface area contributed by atoms with Crippen LogP contribution < -0.4 is 4.72 Å². The first-order valence-electron chi connectivity index (χ1n) is 6.65. The molecular formula is C17H10Cl2F2N2OS. The smallest absolute Gasteiger partial charge is 0.165 e. The highest BCUT2D eigenvalue weighted by atomic mass is 35.5. The summed E-state index contributed by atoms with van der Waals surface area (Å²) >= 11 is 11.7. The summed E-state index contributed by atoms with van der Waals surface area (Å²) in [5.41, 5.74) is -0.635. The predicted octanol–water partition coefficient (Wildman–Crippen LogP) is 4.96. The zero-order valence-corrected chi connectivity index (χ0v) is 14.8. The Morgan fingerprint density at radius 1 is 1.24 bits per heavy atom. The van der Waals surface area contributed by atoms with E-state index in [-0.39, 0.29) is 26.2 Å². The second-order valence-corrected chi connectivity index (χ2v) is 6.77. The van der Waals surface area contributed by atoms with E-state index in [0.29, 0.717) is 0 Å². The molecule has 2 rings (SSSR count). The van der Waals surface area contributed by atoms with Crippen molar-refractivity contribution in [2.45, 2.75) is 4.90 Å². The zero-order valence-electron chi connectivity index (χ0n) is 12.5. The van der Waals surface area contributed by atoms with Crippen LogP contribution in [0, 0.1) is 28.9 Å². The van der Waals surface area contributed by atoms with Crippen LogP contribution in [0.25, 0.3) is 0 Å². The fraction of sp³-hybridized carbons (Fsp3) is 0. The third kappa shape index (κ3) is 4.89. The van der Waals surface area contributed by atoms with Crippen molar-refractivity contribution in [1.82, 2.24) is 0 Å². The number of allylic oxidation sites excluding steroid dienone is 1. The Bertz CT molecular complexity index is 931. The highest BCUT2D eigenvalue weighted by Crippen LogP contribution is 2.25. The Kier molecular flexibility index (Phi) is 6.32. The molecule has 128 valence electrons. The van der Waals surface area contributed by atoms with Crippen LogP contribution in [0.15, 0.2) is 47.4 Å². The summed E-state index contributed by atoms with van der Waals surface area (Å²) in [4.78, 5) is 0.228. The van der Waals surface area contributed by atoms with Gasteiger partial charge in [-0.15, -0.1) is 0 Å². The van der Waals surface area contributed by atoms with E-state index in [1.165, 1.54) is 18.2 Å². The van der Waals surface area contributed by atoms with Crippen LogP contribution in [0.1, 0.15) is 5.56 Å². The lowest BCUT2D eigenvalue weighted by Gasteiger charge is -2.09. The van der Waals surface area contributed by atoms with Crippen LogP contribution >= 0.6 is 23.2 Å². The topological polar surface area (TPSA) is 53.0 Å². The van der Waals surface area contributed by atoms with Gasteiger partial charge in [-0.3, -0.25) is 4.72 Å². The average molecular weight is 399 g/mol. The molecule has 0 spiro atoms. The molecule has 2 aromatic carbocycles. The van der Waals surface area contributed by atoms with E-state index in [1.807, 2.05) is 0 Å². The molecule has 1 atom stereocenters. The van der Waals surface area contributed by atoms with E-state index in [0.717, 1.165) is 18.3 Å². The van der Waals surface area contributed by atoms with Gasteiger partial charge in [-0.05, 0) is 30.3 Å². The molecule has 0 saturated carbocycles. The molecule has 0 fully saturated rings. The third-order valence-electron chi connectivity index (χ3n) is 2.87. The summed E-state index contributed by atoms with van der Waals surface area (Å²) < 4.78 is 43.0. The predicted molar refractivity (Wildman–Crippen MR) is 97.7 cm³/mol. The first kappa shape index (κ1) is 19.1. The maximum atomic E-state index is 14.4. The van der Waals surface area contributed by atoms with Gasteiger partial charge in [-0.1, -0.05) is 41.6 Å². The summed E-state index contributed by atoms with van der Waals surface area (Å²) in [6.45, 7) is 3.42. The van der Waals surface area contributed by atoms with Gasteiger partial charge in [0.2, 0.25) is 0 Å². The third-order valence-corrected chi connectivity index (χ3v) is 4.37. The SMILES string of the molecule is C=C(C#Cc1c(F)ccc(NS(=O)c2cc(Cl)cc(Cl)c2)c1F)C=N. The van der Waals surface area contributed by atoms with Crippen molar-refractivity contribution in [1.29, 1.82) is 5.41 Å². The van der Waals surface area contributed by atoms with Crippen molar-refractivity contribution < 1.29 is 13.0 Å². The molecule has 2 N–H and O–H groups in total. The zero-order chi connectivity index (χ0) is 18.6. The molecule has 1 unspecified atom stereocenters. The molecule has 2 aromatic rings. The van der Waals surface area contributed by atoms with Gasteiger partial charge in [-0.25, -0.2) is 13.0 Å². The van der Waals surface area contributed by atoms with E-state index in [2.05, 4.69) is 23.1 Å². The quantitative estimate of drug-likeness (QED) is 0.554. The Morgan fingerprint density at radius 2 is 1.88 bits per heavy atom. The van der Waals surface area contributed by atoms with Crippen LogP contribution in [-0.2, 0) is 11.0 Å². The lowest BCUT2D eigenvalue weighted by molar-refractivity contribution is 0.580. The maximum Gasteiger partial charge on any atom is 0.165 e. The second kappa shape index (κ2) is 8.26. The Labute approximate surface area is 155 Å². The summed E-state index contributed by atoms with van der Waals surface area (Å²) in [7, 11) is -1.88. The fourth-order valence-electron chi connectivity index (χ4n) is 1.72. The van der Waals surface area contributed by atoms with E-state index in [9.17, 15) is 13.0 Å². The van der Waals surface area contributed by atoms with Crippen molar-refractivity contribution in [2.75, 3.05) is 4.72 Å². The van der Waals surface area contributed by atoms with Gasteiger partial charge in [0, 0.05) is 21.8 Å². The van der Waals surface area contributed by atoms with Crippen LogP contribution in [0.2, 0.25) is 10.0 Å². The number of hydrogen-bond donors (Lipinski definition) is 2. The van der Waals surface area contributed by atoms with Crippen molar-refractivity contribution in [2.24, 2.45) is 0 Å². The van der Waals surface area contributed by atoms with Crippen molar-refractivity contribution in [3.05, 3.63) is 69.7 Å². The lowest BCUT2D eigenvalue weighted by Crippen LogP contribution is -2.08. The molecule has 0 bridgehead atoms. The molecule has 3 nitrogen and oxygen atoms in total. The van der Waals surface area contributed by atoms with Gasteiger partial charge < -0.3 is 5.41 Å². The molecule has 8 heteroatoms. The van der Waals surface area contributed by atoms with Crippen LogP contribution in [-0.4, -0.2) is 10.4 Å². The van der Waals surface area contributed by atoms with E-state index in [4.69, 9.17) is 28.6 Å². The van der Waals surface area contributed by atoms with Gasteiger partial charge in [0.1, 0.15) is 16.8 Å². The Balaban J connectivity index is 2.36. The highest BCUT2D eigenvalue weighted by molar-refractivity contribution is 7.86. The lowest BCUT2D eigenvalue weighted by atomic mass is 10.1. The fourth-order valence-corrected chi connectivity index (χ4v) is 3.32. The van der Waals surface area contributed by atoms with Gasteiger partial charge >= 0.3 is 0 Å². The number of nitrogens with one attached hydrogen (secondary N) is 2. The van der Waals surface area contributed by atoms with E-state index < -0.39 is 28.2 Å². The van der Waals surface area contributed by atoms with Gasteiger partial charge in [0.15, 0.2) is 5.82 Å². The number of hydrogen-bond acceptors (Lipinski definition) is 2. The van der Waals surface area contributed by atoms with Crippen LogP contribution in [0.5, 0.6) is 0 Å². The summed E-state index contributed by atoms with van der Waals surface area (Å²) in [6.07, 6.45) is 0.864. The molecule has 0 aromatic heterocycles. The first-order valence-corrected chi connectivity index (χ1v) is 8.56. The summed E-state index contributed by atoms with van der Waals surface area (Å²) in [6, 6.07) is 6.38. The number of anilines is 1. The minimum absolute atomic E-state index is 0.0920. The van der Waals surface area contributed by atoms with Crippen LogP contribution in [0.4, 0.5) is 14.5 Å². The largest absolute Gasteiger partial charge is 0.307 e. The highest BCUT2D eigenvalue weighted by Gasteiger charge is 2.15.